The predicted molar refractivity (Wildman–Crippen MR) is 166 cm³/mol. The van der Waals surface area contributed by atoms with E-state index in [1.165, 1.54) is 28.0 Å². The third kappa shape index (κ3) is 5.44. The summed E-state index contributed by atoms with van der Waals surface area (Å²) >= 11 is 8.72. The number of halogens is 1. The average molecular weight is 618 g/mol. The molecule has 0 saturated carbocycles. The molecule has 4 aromatic rings. The Hall–Kier alpha value is -3.66. The molecule has 1 aromatic heterocycles. The molecule has 1 saturated heterocycles. The Kier molecular flexibility index (Phi) is 7.83. The number of amides is 1. The first-order chi connectivity index (χ1) is 20.2. The minimum atomic E-state index is -0.864. The minimum absolute atomic E-state index is 0.0229. The fourth-order valence-electron chi connectivity index (χ4n) is 5.22. The van der Waals surface area contributed by atoms with Crippen LogP contribution in [0.4, 0.5) is 5.13 Å². The summed E-state index contributed by atoms with van der Waals surface area (Å²) in [6.45, 7) is 6.18. The van der Waals surface area contributed by atoms with E-state index < -0.39 is 17.7 Å². The van der Waals surface area contributed by atoms with Crippen LogP contribution in [0.25, 0.3) is 5.76 Å². The molecule has 6 rings (SSSR count). The number of hydrogen-bond donors (Lipinski definition) is 1. The number of anilines is 1. The van der Waals surface area contributed by atoms with Crippen LogP contribution in [0.1, 0.15) is 60.5 Å². The lowest BCUT2D eigenvalue weighted by molar-refractivity contribution is -0.132. The molecular formula is C32H28ClN3O4S2. The van der Waals surface area contributed by atoms with Crippen molar-refractivity contribution in [2.75, 3.05) is 4.90 Å². The molecular weight excluding hydrogens is 590 g/mol. The van der Waals surface area contributed by atoms with Gasteiger partial charge in [0.15, 0.2) is 4.34 Å². The molecule has 2 atom stereocenters. The van der Waals surface area contributed by atoms with Crippen molar-refractivity contribution in [1.82, 2.24) is 10.2 Å². The molecule has 42 heavy (non-hydrogen) atoms. The number of thioether (sulfide) groups is 1. The number of Topliss-reactive ketones (excluding diaryl/α,β-unsaturated/α-hetero) is 1. The SMILES string of the molecule is CC(C)c1ccc([C@@H]2/C(=C(\O)c3ccc4c(c3)C[C@H](C)O4)C(=O)C(=O)N2c2nnc(SCc3ccc(Cl)cc3)s2)cc1. The first-order valence-electron chi connectivity index (χ1n) is 13.6. The van der Waals surface area contributed by atoms with Crippen LogP contribution < -0.4 is 9.64 Å². The lowest BCUT2D eigenvalue weighted by Gasteiger charge is -2.23. The molecule has 0 spiro atoms. The van der Waals surface area contributed by atoms with E-state index in [2.05, 4.69) is 24.0 Å². The molecule has 3 aromatic carbocycles. The van der Waals surface area contributed by atoms with Gasteiger partial charge in [0, 0.05) is 22.8 Å². The summed E-state index contributed by atoms with van der Waals surface area (Å²) in [6.07, 6.45) is 0.734. The van der Waals surface area contributed by atoms with Gasteiger partial charge >= 0.3 is 5.91 Å². The van der Waals surface area contributed by atoms with Crippen molar-refractivity contribution in [2.24, 2.45) is 0 Å². The summed E-state index contributed by atoms with van der Waals surface area (Å²) < 4.78 is 6.46. The number of benzene rings is 3. The Bertz CT molecular complexity index is 1700. The average Bonchev–Trinajstić information content (AvgIpc) is 3.67. The monoisotopic (exact) mass is 617 g/mol. The van der Waals surface area contributed by atoms with Crippen LogP contribution in [0.3, 0.4) is 0 Å². The van der Waals surface area contributed by atoms with Gasteiger partial charge in [-0.15, -0.1) is 10.2 Å². The summed E-state index contributed by atoms with van der Waals surface area (Å²) in [5, 5.41) is 21.1. The molecule has 0 aliphatic carbocycles. The van der Waals surface area contributed by atoms with Crippen LogP contribution >= 0.6 is 34.7 Å². The minimum Gasteiger partial charge on any atom is -0.507 e. The number of nitrogens with zero attached hydrogens (tertiary/aromatic N) is 3. The topological polar surface area (TPSA) is 92.6 Å². The van der Waals surface area contributed by atoms with Gasteiger partial charge in [0.25, 0.3) is 5.78 Å². The molecule has 10 heteroatoms. The van der Waals surface area contributed by atoms with Crippen LogP contribution in [-0.2, 0) is 21.8 Å². The first-order valence-corrected chi connectivity index (χ1v) is 15.8. The fraction of sp³-hybridized carbons (Fsp3) is 0.250. The van der Waals surface area contributed by atoms with E-state index >= 15 is 0 Å². The largest absolute Gasteiger partial charge is 0.507 e. The highest BCUT2D eigenvalue weighted by Crippen LogP contribution is 2.45. The fourth-order valence-corrected chi connectivity index (χ4v) is 7.17. The van der Waals surface area contributed by atoms with E-state index in [4.69, 9.17) is 16.3 Å². The number of rotatable bonds is 7. The highest BCUT2D eigenvalue weighted by Gasteiger charge is 2.48. The Morgan fingerprint density at radius 1 is 1.10 bits per heavy atom. The number of carbonyl (C=O) groups excluding carboxylic acids is 2. The highest BCUT2D eigenvalue weighted by molar-refractivity contribution is 8.00. The van der Waals surface area contributed by atoms with Crippen LogP contribution in [0.15, 0.2) is 76.6 Å². The molecule has 2 aliphatic rings. The van der Waals surface area contributed by atoms with Crippen molar-refractivity contribution in [2.45, 2.75) is 55.3 Å². The molecule has 3 heterocycles. The Morgan fingerprint density at radius 2 is 1.83 bits per heavy atom. The van der Waals surface area contributed by atoms with E-state index in [0.717, 1.165) is 22.4 Å². The lowest BCUT2D eigenvalue weighted by atomic mass is 9.93. The standard InChI is InChI=1S/C32H28ClN3O4S2/c1-17(2)20-6-8-21(9-7-20)27-26(28(37)22-10-13-25-23(15-22)14-18(3)40-25)29(38)30(39)36(27)31-34-35-32(42-31)41-16-19-4-11-24(33)12-5-19/h4-13,15,17-18,27,37H,14,16H2,1-3H3/b28-26+/t18-,27+/m0/s1. The van der Waals surface area contributed by atoms with Gasteiger partial charge in [-0.05, 0) is 65.4 Å². The maximum atomic E-state index is 13.6. The number of hydrogen-bond acceptors (Lipinski definition) is 8. The normalized spacial score (nSPS) is 19.4. The third-order valence-electron chi connectivity index (χ3n) is 7.41. The van der Waals surface area contributed by atoms with Crippen molar-refractivity contribution >= 4 is 57.3 Å². The third-order valence-corrected chi connectivity index (χ3v) is 9.79. The lowest BCUT2D eigenvalue weighted by Crippen LogP contribution is -2.29. The Balaban J connectivity index is 1.39. The molecule has 214 valence electrons. The molecule has 0 radical (unpaired) electrons. The number of ether oxygens (including phenoxy) is 1. The van der Waals surface area contributed by atoms with Gasteiger partial charge in [-0.1, -0.05) is 84.9 Å². The second-order valence-electron chi connectivity index (χ2n) is 10.7. The maximum Gasteiger partial charge on any atom is 0.301 e. The van der Waals surface area contributed by atoms with Gasteiger partial charge in [0.2, 0.25) is 5.13 Å². The van der Waals surface area contributed by atoms with Crippen LogP contribution in [0.5, 0.6) is 5.75 Å². The van der Waals surface area contributed by atoms with E-state index in [1.807, 2.05) is 61.5 Å². The smallest absolute Gasteiger partial charge is 0.301 e. The summed E-state index contributed by atoms with van der Waals surface area (Å²) in [6, 6.07) is 19.8. The van der Waals surface area contributed by atoms with Crippen LogP contribution in [-0.4, -0.2) is 33.1 Å². The van der Waals surface area contributed by atoms with Gasteiger partial charge in [0.1, 0.15) is 17.6 Å². The Morgan fingerprint density at radius 3 is 2.55 bits per heavy atom. The first kappa shape index (κ1) is 28.5. The number of fused-ring (bicyclic) bond motifs is 1. The van der Waals surface area contributed by atoms with Gasteiger partial charge in [-0.25, -0.2) is 0 Å². The molecule has 0 bridgehead atoms. The van der Waals surface area contributed by atoms with Gasteiger partial charge in [-0.2, -0.15) is 0 Å². The highest BCUT2D eigenvalue weighted by atomic mass is 35.5. The van der Waals surface area contributed by atoms with E-state index in [1.54, 1.807) is 12.1 Å². The van der Waals surface area contributed by atoms with Crippen LogP contribution in [0, 0.1) is 0 Å². The van der Waals surface area contributed by atoms with E-state index in [0.29, 0.717) is 43.7 Å². The second-order valence-corrected chi connectivity index (χ2v) is 13.3. The zero-order valence-electron chi connectivity index (χ0n) is 23.2. The summed E-state index contributed by atoms with van der Waals surface area (Å²) in [5.74, 6) is -0.0227. The molecule has 2 aliphatic heterocycles. The number of carbonyl (C=O) groups is 2. The van der Waals surface area contributed by atoms with Crippen molar-refractivity contribution in [3.63, 3.8) is 0 Å². The summed E-state index contributed by atoms with van der Waals surface area (Å²) in [4.78, 5) is 28.6. The summed E-state index contributed by atoms with van der Waals surface area (Å²) in [7, 11) is 0. The van der Waals surface area contributed by atoms with Gasteiger partial charge < -0.3 is 9.84 Å². The zero-order valence-corrected chi connectivity index (χ0v) is 25.6. The van der Waals surface area contributed by atoms with Gasteiger partial charge in [-0.3, -0.25) is 14.5 Å². The van der Waals surface area contributed by atoms with E-state index in [-0.39, 0.29) is 17.4 Å². The van der Waals surface area contributed by atoms with Crippen LogP contribution in [0.2, 0.25) is 5.02 Å². The maximum absolute atomic E-state index is 13.6. The van der Waals surface area contributed by atoms with Gasteiger partial charge in [0.05, 0.1) is 11.6 Å². The zero-order chi connectivity index (χ0) is 29.5. The van der Waals surface area contributed by atoms with Crippen molar-refractivity contribution in [1.29, 1.82) is 0 Å². The second kappa shape index (κ2) is 11.6. The van der Waals surface area contributed by atoms with Crippen molar-refractivity contribution in [3.8, 4) is 5.75 Å². The predicted octanol–water partition coefficient (Wildman–Crippen LogP) is 7.56. The number of aliphatic hydroxyl groups is 1. The quantitative estimate of drug-likeness (QED) is 0.0752. The molecule has 0 unspecified atom stereocenters. The van der Waals surface area contributed by atoms with Crippen molar-refractivity contribution < 1.29 is 19.4 Å². The van der Waals surface area contributed by atoms with Crippen molar-refractivity contribution in [3.05, 3.63) is 105 Å². The molecule has 1 amide bonds. The molecule has 1 fully saturated rings. The summed E-state index contributed by atoms with van der Waals surface area (Å²) in [5.41, 5.74) is 4.33. The number of ketones is 1. The molecule has 1 N–H and O–H groups in total. The number of aromatic nitrogens is 2. The molecule has 7 nitrogen and oxygen atoms in total. The van der Waals surface area contributed by atoms with E-state index in [9.17, 15) is 14.7 Å². The number of aliphatic hydroxyl groups excluding tert-OH is 1. The Labute approximate surface area is 257 Å².